The molecule has 6 heteroatoms. The average Bonchev–Trinajstić information content (AvgIpc) is 2.82. The number of aromatic nitrogens is 2. The lowest BCUT2D eigenvalue weighted by Crippen LogP contribution is -2.35. The van der Waals surface area contributed by atoms with E-state index in [2.05, 4.69) is 26.4 Å². The van der Waals surface area contributed by atoms with E-state index >= 15 is 0 Å². The molecule has 6 nitrogen and oxygen atoms in total. The summed E-state index contributed by atoms with van der Waals surface area (Å²) >= 11 is 0. The Balaban J connectivity index is 1.43. The number of rotatable bonds is 6. The van der Waals surface area contributed by atoms with E-state index in [1.54, 1.807) is 6.20 Å². The Hall–Kier alpha value is -2.21. The Morgan fingerprint density at radius 1 is 1.35 bits per heavy atom. The minimum absolute atomic E-state index is 0.121. The van der Waals surface area contributed by atoms with Crippen LogP contribution in [0.2, 0.25) is 0 Å². The molecule has 140 valence electrons. The SMILES string of the molecule is Cc1noc(C)c1CCC(=O)N[C@@H]1CCCN(Cc2cccnc2)CC1. The molecule has 0 spiro atoms. The van der Waals surface area contributed by atoms with Crippen LogP contribution in [0.15, 0.2) is 29.0 Å². The van der Waals surface area contributed by atoms with Gasteiger partial charge in [0.15, 0.2) is 0 Å². The van der Waals surface area contributed by atoms with Crippen LogP contribution in [-0.4, -0.2) is 40.1 Å². The summed E-state index contributed by atoms with van der Waals surface area (Å²) in [6.07, 6.45) is 8.05. The number of carbonyl (C=O) groups is 1. The van der Waals surface area contributed by atoms with Gasteiger partial charge in [-0.15, -0.1) is 0 Å². The Morgan fingerprint density at radius 2 is 2.23 bits per heavy atom. The highest BCUT2D eigenvalue weighted by molar-refractivity contribution is 5.76. The van der Waals surface area contributed by atoms with Crippen LogP contribution in [0.4, 0.5) is 0 Å². The molecule has 0 aromatic carbocycles. The Bertz CT molecular complexity index is 694. The number of nitrogens with one attached hydrogen (secondary N) is 1. The number of aryl methyl sites for hydroxylation is 2. The zero-order chi connectivity index (χ0) is 18.4. The third-order valence-electron chi connectivity index (χ3n) is 5.10. The van der Waals surface area contributed by atoms with Crippen LogP contribution in [-0.2, 0) is 17.8 Å². The van der Waals surface area contributed by atoms with Gasteiger partial charge in [0.2, 0.25) is 5.91 Å². The molecule has 1 N–H and O–H groups in total. The lowest BCUT2D eigenvalue weighted by molar-refractivity contribution is -0.121. The van der Waals surface area contributed by atoms with Crippen LogP contribution in [0.5, 0.6) is 0 Å². The third kappa shape index (κ3) is 5.14. The Kier molecular flexibility index (Phi) is 6.39. The number of hydrogen-bond donors (Lipinski definition) is 1. The molecule has 1 aliphatic rings. The van der Waals surface area contributed by atoms with Gasteiger partial charge >= 0.3 is 0 Å². The third-order valence-corrected chi connectivity index (χ3v) is 5.10. The van der Waals surface area contributed by atoms with Gasteiger partial charge in [-0.3, -0.25) is 14.7 Å². The van der Waals surface area contributed by atoms with Gasteiger partial charge in [0.25, 0.3) is 0 Å². The van der Waals surface area contributed by atoms with E-state index in [1.165, 1.54) is 5.56 Å². The summed E-state index contributed by atoms with van der Waals surface area (Å²) in [5.41, 5.74) is 3.19. The number of amides is 1. The van der Waals surface area contributed by atoms with Crippen LogP contribution in [0, 0.1) is 13.8 Å². The van der Waals surface area contributed by atoms with Crippen molar-refractivity contribution in [1.82, 2.24) is 20.4 Å². The molecule has 2 aromatic rings. The standard InChI is InChI=1S/C20H28N4O2/c1-15-19(16(2)26-23-15)7-8-20(25)22-18-6-4-11-24(12-9-18)14-17-5-3-10-21-13-17/h3,5,10,13,18H,4,6-9,11-12,14H2,1-2H3,(H,22,25)/t18-/m1/s1. The first-order chi connectivity index (χ1) is 12.6. The van der Waals surface area contributed by atoms with Crippen molar-refractivity contribution in [3.05, 3.63) is 47.1 Å². The van der Waals surface area contributed by atoms with E-state index in [1.807, 2.05) is 26.1 Å². The molecule has 26 heavy (non-hydrogen) atoms. The highest BCUT2D eigenvalue weighted by Crippen LogP contribution is 2.16. The summed E-state index contributed by atoms with van der Waals surface area (Å²) < 4.78 is 5.16. The van der Waals surface area contributed by atoms with Crippen molar-refractivity contribution in [3.8, 4) is 0 Å². The molecule has 2 aromatic heterocycles. The summed E-state index contributed by atoms with van der Waals surface area (Å²) in [6, 6.07) is 4.37. The van der Waals surface area contributed by atoms with Crippen molar-refractivity contribution < 1.29 is 9.32 Å². The summed E-state index contributed by atoms with van der Waals surface area (Å²) in [5.74, 6) is 0.937. The van der Waals surface area contributed by atoms with Crippen molar-refractivity contribution in [1.29, 1.82) is 0 Å². The van der Waals surface area contributed by atoms with E-state index in [9.17, 15) is 4.79 Å². The highest BCUT2D eigenvalue weighted by atomic mass is 16.5. The molecule has 0 aliphatic carbocycles. The summed E-state index contributed by atoms with van der Waals surface area (Å²) in [7, 11) is 0. The Labute approximate surface area is 155 Å². The fourth-order valence-corrected chi connectivity index (χ4v) is 3.61. The smallest absolute Gasteiger partial charge is 0.220 e. The quantitative estimate of drug-likeness (QED) is 0.862. The molecule has 1 atom stereocenters. The van der Waals surface area contributed by atoms with Crippen LogP contribution < -0.4 is 5.32 Å². The normalized spacial score (nSPS) is 18.5. The van der Waals surface area contributed by atoms with Crippen molar-refractivity contribution in [2.75, 3.05) is 13.1 Å². The maximum atomic E-state index is 12.3. The maximum Gasteiger partial charge on any atom is 0.220 e. The molecule has 0 saturated carbocycles. The summed E-state index contributed by atoms with van der Waals surface area (Å²) in [4.78, 5) is 19.0. The van der Waals surface area contributed by atoms with Gasteiger partial charge in [-0.25, -0.2) is 0 Å². The maximum absolute atomic E-state index is 12.3. The first kappa shape index (κ1) is 18.6. The van der Waals surface area contributed by atoms with Gasteiger partial charge in [-0.05, 0) is 57.7 Å². The minimum atomic E-state index is 0.121. The second kappa shape index (κ2) is 8.94. The molecule has 0 unspecified atom stereocenters. The molecule has 0 bridgehead atoms. The highest BCUT2D eigenvalue weighted by Gasteiger charge is 2.19. The van der Waals surface area contributed by atoms with Crippen LogP contribution >= 0.6 is 0 Å². The monoisotopic (exact) mass is 356 g/mol. The predicted molar refractivity (Wildman–Crippen MR) is 99.6 cm³/mol. The summed E-state index contributed by atoms with van der Waals surface area (Å²) in [5, 5.41) is 7.16. The fourth-order valence-electron chi connectivity index (χ4n) is 3.61. The molecule has 1 fully saturated rings. The molecule has 0 radical (unpaired) electrons. The zero-order valence-corrected chi connectivity index (χ0v) is 15.7. The van der Waals surface area contributed by atoms with E-state index < -0.39 is 0 Å². The van der Waals surface area contributed by atoms with Crippen molar-refractivity contribution in [2.45, 2.75) is 58.5 Å². The average molecular weight is 356 g/mol. The molecular weight excluding hydrogens is 328 g/mol. The van der Waals surface area contributed by atoms with Gasteiger partial charge in [0.05, 0.1) is 5.69 Å². The van der Waals surface area contributed by atoms with Crippen LogP contribution in [0.3, 0.4) is 0 Å². The number of hydrogen-bond acceptors (Lipinski definition) is 5. The molecule has 3 rings (SSSR count). The summed E-state index contributed by atoms with van der Waals surface area (Å²) in [6.45, 7) is 6.83. The number of nitrogens with zero attached hydrogens (tertiary/aromatic N) is 3. The van der Waals surface area contributed by atoms with Crippen molar-refractivity contribution >= 4 is 5.91 Å². The number of carbonyl (C=O) groups excluding carboxylic acids is 1. The zero-order valence-electron chi connectivity index (χ0n) is 15.7. The van der Waals surface area contributed by atoms with Crippen LogP contribution in [0.25, 0.3) is 0 Å². The van der Waals surface area contributed by atoms with Gasteiger partial charge in [-0.2, -0.15) is 0 Å². The first-order valence-corrected chi connectivity index (χ1v) is 9.44. The second-order valence-corrected chi connectivity index (χ2v) is 7.14. The van der Waals surface area contributed by atoms with E-state index in [-0.39, 0.29) is 11.9 Å². The molecule has 1 aliphatic heterocycles. The Morgan fingerprint density at radius 3 is 2.96 bits per heavy atom. The number of likely N-dealkylation sites (tertiary alicyclic amines) is 1. The first-order valence-electron chi connectivity index (χ1n) is 9.44. The minimum Gasteiger partial charge on any atom is -0.361 e. The van der Waals surface area contributed by atoms with Gasteiger partial charge in [0.1, 0.15) is 5.76 Å². The predicted octanol–water partition coefficient (Wildman–Crippen LogP) is 2.79. The largest absolute Gasteiger partial charge is 0.361 e. The van der Waals surface area contributed by atoms with Crippen molar-refractivity contribution in [2.24, 2.45) is 0 Å². The second-order valence-electron chi connectivity index (χ2n) is 7.14. The van der Waals surface area contributed by atoms with Crippen LogP contribution in [0.1, 0.15) is 48.3 Å². The molecular formula is C20H28N4O2. The number of pyridine rings is 1. The fraction of sp³-hybridized carbons (Fsp3) is 0.550. The van der Waals surface area contributed by atoms with E-state index in [0.717, 1.165) is 55.9 Å². The van der Waals surface area contributed by atoms with Gasteiger partial charge in [0, 0.05) is 43.5 Å². The molecule has 3 heterocycles. The van der Waals surface area contributed by atoms with Gasteiger partial charge < -0.3 is 9.84 Å². The van der Waals surface area contributed by atoms with E-state index in [0.29, 0.717) is 12.8 Å². The molecule has 1 amide bonds. The van der Waals surface area contributed by atoms with E-state index in [4.69, 9.17) is 4.52 Å². The van der Waals surface area contributed by atoms with Gasteiger partial charge in [-0.1, -0.05) is 11.2 Å². The lowest BCUT2D eigenvalue weighted by Gasteiger charge is -2.20. The van der Waals surface area contributed by atoms with Crippen molar-refractivity contribution in [3.63, 3.8) is 0 Å². The topological polar surface area (TPSA) is 71.3 Å². The lowest BCUT2D eigenvalue weighted by atomic mass is 10.1. The molecule has 1 saturated heterocycles.